The molecule has 1 N–H and O–H groups in total. The topological polar surface area (TPSA) is 50.2 Å². The van der Waals surface area contributed by atoms with Gasteiger partial charge in [-0.3, -0.25) is 9.69 Å². The first-order valence-electron chi connectivity index (χ1n) is 10.5. The fourth-order valence-corrected chi connectivity index (χ4v) is 4.03. The molecule has 7 heteroatoms. The predicted molar refractivity (Wildman–Crippen MR) is 121 cm³/mol. The van der Waals surface area contributed by atoms with E-state index in [0.717, 1.165) is 35.6 Å². The van der Waals surface area contributed by atoms with Crippen LogP contribution in [0.4, 0.5) is 10.1 Å². The lowest BCUT2D eigenvalue weighted by Crippen LogP contribution is -2.30. The molecule has 0 atom stereocenters. The van der Waals surface area contributed by atoms with Crippen LogP contribution in [0, 0.1) is 19.7 Å². The van der Waals surface area contributed by atoms with Gasteiger partial charge in [-0.1, -0.05) is 35.9 Å². The van der Waals surface area contributed by atoms with Crippen molar-refractivity contribution in [2.45, 2.75) is 45.7 Å². The molecular formula is C24H26ClFN4O. The number of halogens is 2. The van der Waals surface area contributed by atoms with Gasteiger partial charge in [0.15, 0.2) is 0 Å². The molecule has 1 aromatic heterocycles. The van der Waals surface area contributed by atoms with Crippen molar-refractivity contribution in [1.29, 1.82) is 0 Å². The number of aromatic nitrogens is 2. The molecule has 0 radical (unpaired) electrons. The zero-order chi connectivity index (χ0) is 22.0. The Morgan fingerprint density at radius 3 is 2.61 bits per heavy atom. The number of carbonyl (C=O) groups is 1. The monoisotopic (exact) mass is 440 g/mol. The third kappa shape index (κ3) is 4.97. The van der Waals surface area contributed by atoms with E-state index in [0.29, 0.717) is 36.1 Å². The van der Waals surface area contributed by atoms with Gasteiger partial charge in [-0.2, -0.15) is 5.10 Å². The summed E-state index contributed by atoms with van der Waals surface area (Å²) < 4.78 is 16.0. The standard InChI is InChI=1S/C24H26ClFN4O/c1-16-24(17(2)30(28-16)19-7-4-3-5-8-19)27-23(31)13-14-29(18-11-12-18)15-20-21(25)9-6-10-22(20)26/h3-10,18H,11-15H2,1-2H3,(H,27,31). The highest BCUT2D eigenvalue weighted by Crippen LogP contribution is 2.31. The summed E-state index contributed by atoms with van der Waals surface area (Å²) in [6.45, 7) is 4.79. The van der Waals surface area contributed by atoms with Crippen LogP contribution in [0.25, 0.3) is 5.69 Å². The average Bonchev–Trinajstić information content (AvgIpc) is 3.56. The Kier molecular flexibility index (Phi) is 6.39. The Morgan fingerprint density at radius 2 is 1.94 bits per heavy atom. The first kappa shape index (κ1) is 21.5. The lowest BCUT2D eigenvalue weighted by molar-refractivity contribution is -0.116. The van der Waals surface area contributed by atoms with Gasteiger partial charge in [0.25, 0.3) is 0 Å². The Morgan fingerprint density at radius 1 is 1.19 bits per heavy atom. The number of rotatable bonds is 8. The Hall–Kier alpha value is -2.70. The number of anilines is 1. The molecule has 0 saturated heterocycles. The van der Waals surface area contributed by atoms with Crippen molar-refractivity contribution < 1.29 is 9.18 Å². The lowest BCUT2D eigenvalue weighted by Gasteiger charge is -2.22. The number of nitrogens with one attached hydrogen (secondary N) is 1. The van der Waals surface area contributed by atoms with E-state index in [4.69, 9.17) is 11.6 Å². The molecule has 5 nitrogen and oxygen atoms in total. The molecule has 1 aliphatic rings. The van der Waals surface area contributed by atoms with Crippen molar-refractivity contribution >= 4 is 23.2 Å². The lowest BCUT2D eigenvalue weighted by atomic mass is 10.2. The quantitative estimate of drug-likeness (QED) is 0.518. The zero-order valence-electron chi connectivity index (χ0n) is 17.7. The molecular weight excluding hydrogens is 415 g/mol. The van der Waals surface area contributed by atoms with Crippen molar-refractivity contribution in [1.82, 2.24) is 14.7 Å². The van der Waals surface area contributed by atoms with Crippen molar-refractivity contribution in [3.05, 3.63) is 76.3 Å². The summed E-state index contributed by atoms with van der Waals surface area (Å²) in [7, 11) is 0. The average molecular weight is 441 g/mol. The molecule has 1 heterocycles. The summed E-state index contributed by atoms with van der Waals surface area (Å²) in [6, 6.07) is 14.9. The van der Waals surface area contributed by atoms with Gasteiger partial charge in [0.05, 0.1) is 22.8 Å². The molecule has 1 saturated carbocycles. The zero-order valence-corrected chi connectivity index (χ0v) is 18.5. The van der Waals surface area contributed by atoms with E-state index in [1.54, 1.807) is 12.1 Å². The second kappa shape index (κ2) is 9.20. The van der Waals surface area contributed by atoms with Crippen LogP contribution < -0.4 is 5.32 Å². The molecule has 162 valence electrons. The molecule has 0 bridgehead atoms. The number of amides is 1. The maximum atomic E-state index is 14.2. The summed E-state index contributed by atoms with van der Waals surface area (Å²) in [5, 5.41) is 8.02. The van der Waals surface area contributed by atoms with Gasteiger partial charge in [0, 0.05) is 36.1 Å². The van der Waals surface area contributed by atoms with Crippen LogP contribution in [0.2, 0.25) is 5.02 Å². The number of hydrogen-bond donors (Lipinski definition) is 1. The van der Waals surface area contributed by atoms with Gasteiger partial charge in [-0.05, 0) is 51.0 Å². The van der Waals surface area contributed by atoms with Crippen molar-refractivity contribution in [3.8, 4) is 5.69 Å². The summed E-state index contributed by atoms with van der Waals surface area (Å²) in [5.74, 6) is -0.383. The number of carbonyl (C=O) groups excluding carboxylic acids is 1. The second-order valence-electron chi connectivity index (χ2n) is 7.99. The fourth-order valence-electron chi connectivity index (χ4n) is 3.81. The minimum Gasteiger partial charge on any atom is -0.323 e. The molecule has 1 fully saturated rings. The van der Waals surface area contributed by atoms with Gasteiger partial charge < -0.3 is 5.32 Å². The smallest absolute Gasteiger partial charge is 0.225 e. The van der Waals surface area contributed by atoms with E-state index < -0.39 is 0 Å². The fraction of sp³-hybridized carbons (Fsp3) is 0.333. The highest BCUT2D eigenvalue weighted by molar-refractivity contribution is 6.31. The SMILES string of the molecule is Cc1nn(-c2ccccc2)c(C)c1NC(=O)CCN(Cc1c(F)cccc1Cl)C1CC1. The Bertz CT molecular complexity index is 1060. The van der Waals surface area contributed by atoms with Crippen LogP contribution in [0.3, 0.4) is 0 Å². The van der Waals surface area contributed by atoms with Gasteiger partial charge in [0.2, 0.25) is 5.91 Å². The van der Waals surface area contributed by atoms with E-state index in [2.05, 4.69) is 15.3 Å². The van der Waals surface area contributed by atoms with Crippen LogP contribution in [0.5, 0.6) is 0 Å². The third-order valence-electron chi connectivity index (χ3n) is 5.67. The summed E-state index contributed by atoms with van der Waals surface area (Å²) >= 11 is 6.20. The van der Waals surface area contributed by atoms with Crippen LogP contribution in [-0.4, -0.2) is 33.2 Å². The maximum absolute atomic E-state index is 14.2. The number of hydrogen-bond acceptors (Lipinski definition) is 3. The Labute approximate surface area is 186 Å². The highest BCUT2D eigenvalue weighted by Gasteiger charge is 2.30. The first-order valence-corrected chi connectivity index (χ1v) is 10.9. The van der Waals surface area contributed by atoms with Gasteiger partial charge in [-0.25, -0.2) is 9.07 Å². The molecule has 0 aliphatic heterocycles. The molecule has 2 aromatic carbocycles. The van der Waals surface area contributed by atoms with Gasteiger partial charge >= 0.3 is 0 Å². The van der Waals surface area contributed by atoms with Crippen LogP contribution in [0.15, 0.2) is 48.5 Å². The van der Waals surface area contributed by atoms with E-state index in [1.165, 1.54) is 6.07 Å². The number of nitrogens with zero attached hydrogens (tertiary/aromatic N) is 3. The maximum Gasteiger partial charge on any atom is 0.225 e. The van der Waals surface area contributed by atoms with E-state index in [-0.39, 0.29) is 11.7 Å². The molecule has 3 aromatic rings. The van der Waals surface area contributed by atoms with Gasteiger partial charge in [0.1, 0.15) is 5.82 Å². The minimum atomic E-state index is -0.304. The van der Waals surface area contributed by atoms with E-state index in [1.807, 2.05) is 48.9 Å². The number of para-hydroxylation sites is 1. The van der Waals surface area contributed by atoms with Crippen molar-refractivity contribution in [2.75, 3.05) is 11.9 Å². The molecule has 31 heavy (non-hydrogen) atoms. The second-order valence-corrected chi connectivity index (χ2v) is 8.40. The molecule has 0 spiro atoms. The Balaban J connectivity index is 1.41. The normalized spacial score (nSPS) is 13.6. The van der Waals surface area contributed by atoms with Crippen LogP contribution in [-0.2, 0) is 11.3 Å². The van der Waals surface area contributed by atoms with Crippen LogP contribution >= 0.6 is 11.6 Å². The summed E-state index contributed by atoms with van der Waals surface area (Å²) in [5.41, 5.74) is 3.84. The summed E-state index contributed by atoms with van der Waals surface area (Å²) in [6.07, 6.45) is 2.45. The minimum absolute atomic E-state index is 0.0795. The predicted octanol–water partition coefficient (Wildman–Crippen LogP) is 5.27. The van der Waals surface area contributed by atoms with Crippen molar-refractivity contribution in [3.63, 3.8) is 0 Å². The summed E-state index contributed by atoms with van der Waals surface area (Å²) in [4.78, 5) is 14.9. The number of aryl methyl sites for hydroxylation is 1. The van der Waals surface area contributed by atoms with Crippen molar-refractivity contribution in [2.24, 2.45) is 0 Å². The molecule has 1 amide bonds. The largest absolute Gasteiger partial charge is 0.323 e. The van der Waals surface area contributed by atoms with E-state index in [9.17, 15) is 9.18 Å². The number of benzene rings is 2. The third-order valence-corrected chi connectivity index (χ3v) is 6.02. The van der Waals surface area contributed by atoms with Crippen LogP contribution in [0.1, 0.15) is 36.2 Å². The van der Waals surface area contributed by atoms with Gasteiger partial charge in [-0.15, -0.1) is 0 Å². The van der Waals surface area contributed by atoms with E-state index >= 15 is 0 Å². The highest BCUT2D eigenvalue weighted by atomic mass is 35.5. The molecule has 0 unspecified atom stereocenters. The molecule has 1 aliphatic carbocycles. The first-order chi connectivity index (χ1) is 14.9. The molecule has 4 rings (SSSR count).